The van der Waals surface area contributed by atoms with Gasteiger partial charge >= 0.3 is 5.63 Å². The molecule has 4 rings (SSSR count). The third kappa shape index (κ3) is 3.57. The maximum Gasteiger partial charge on any atom is 0.349 e. The van der Waals surface area contributed by atoms with E-state index in [1.165, 1.54) is 7.11 Å². The molecule has 0 unspecified atom stereocenters. The van der Waals surface area contributed by atoms with E-state index in [0.29, 0.717) is 29.0 Å². The summed E-state index contributed by atoms with van der Waals surface area (Å²) in [5.74, 6) is 0.663. The molecule has 0 fully saturated rings. The van der Waals surface area contributed by atoms with Gasteiger partial charge in [-0.25, -0.2) is 4.79 Å². The maximum absolute atomic E-state index is 13.2. The Morgan fingerprint density at radius 1 is 1.18 bits per heavy atom. The highest BCUT2D eigenvalue weighted by Gasteiger charge is 2.23. The van der Waals surface area contributed by atoms with Crippen LogP contribution in [0.1, 0.15) is 21.7 Å². The van der Waals surface area contributed by atoms with Gasteiger partial charge in [-0.15, -0.1) is 0 Å². The summed E-state index contributed by atoms with van der Waals surface area (Å²) in [7, 11) is 1.50. The fraction of sp³-hybridized carbons (Fsp3) is 0.143. The summed E-state index contributed by atoms with van der Waals surface area (Å²) >= 11 is 1.55. The zero-order valence-corrected chi connectivity index (χ0v) is 15.9. The summed E-state index contributed by atoms with van der Waals surface area (Å²) in [4.78, 5) is 27.3. The van der Waals surface area contributed by atoms with Crippen LogP contribution in [0.2, 0.25) is 0 Å². The smallest absolute Gasteiger partial charge is 0.349 e. The van der Waals surface area contributed by atoms with Crippen molar-refractivity contribution >= 4 is 28.2 Å². The van der Waals surface area contributed by atoms with Gasteiger partial charge < -0.3 is 18.5 Å². The lowest BCUT2D eigenvalue weighted by molar-refractivity contribution is 0.0713. The molecule has 0 saturated carbocycles. The number of thiophene rings is 1. The first-order chi connectivity index (χ1) is 13.7. The lowest BCUT2D eigenvalue weighted by atomic mass is 10.1. The molecule has 1 aromatic carbocycles. The third-order valence-electron chi connectivity index (χ3n) is 4.34. The lowest BCUT2D eigenvalue weighted by Gasteiger charge is -2.21. The number of hydrogen-bond acceptors (Lipinski definition) is 6. The molecule has 0 atom stereocenters. The van der Waals surface area contributed by atoms with E-state index in [9.17, 15) is 9.59 Å². The number of carbonyl (C=O) groups excluding carboxylic acids is 1. The number of para-hydroxylation sites is 1. The van der Waals surface area contributed by atoms with Gasteiger partial charge in [0.2, 0.25) is 0 Å². The van der Waals surface area contributed by atoms with Crippen molar-refractivity contribution in [3.05, 3.63) is 86.8 Å². The van der Waals surface area contributed by atoms with Gasteiger partial charge in [0.15, 0.2) is 11.3 Å². The number of hydrogen-bond donors (Lipinski definition) is 0. The molecular weight excluding hydrogens is 378 g/mol. The van der Waals surface area contributed by atoms with E-state index >= 15 is 0 Å². The first kappa shape index (κ1) is 18.1. The van der Waals surface area contributed by atoms with Crippen LogP contribution in [0.4, 0.5) is 0 Å². The van der Waals surface area contributed by atoms with Crippen LogP contribution in [0.3, 0.4) is 0 Å². The van der Waals surface area contributed by atoms with Gasteiger partial charge in [0, 0.05) is 11.9 Å². The minimum atomic E-state index is -0.697. The maximum atomic E-state index is 13.2. The van der Waals surface area contributed by atoms with Crippen LogP contribution in [0.5, 0.6) is 5.75 Å². The van der Waals surface area contributed by atoms with E-state index in [0.717, 1.165) is 5.56 Å². The normalized spacial score (nSPS) is 10.9. The van der Waals surface area contributed by atoms with Crippen molar-refractivity contribution in [1.82, 2.24) is 4.90 Å². The first-order valence-electron chi connectivity index (χ1n) is 8.59. The molecule has 3 aromatic heterocycles. The Bertz CT molecular complexity index is 1110. The van der Waals surface area contributed by atoms with Gasteiger partial charge in [0.25, 0.3) is 5.91 Å². The standard InChI is InChI=1S/C21H17NO5S/c1-25-18-6-2-4-15-10-17(21(24)27-19(15)18)20(23)22(11-14-7-9-28-13-14)12-16-5-3-8-26-16/h2-10,13H,11-12H2,1H3. The molecule has 7 heteroatoms. The highest BCUT2D eigenvalue weighted by Crippen LogP contribution is 2.25. The third-order valence-corrected chi connectivity index (χ3v) is 5.07. The van der Waals surface area contributed by atoms with Crippen molar-refractivity contribution < 1.29 is 18.4 Å². The molecule has 0 aliphatic heterocycles. The molecular formula is C21H17NO5S. The van der Waals surface area contributed by atoms with Crippen LogP contribution in [-0.2, 0) is 13.1 Å². The quantitative estimate of drug-likeness (QED) is 0.455. The van der Waals surface area contributed by atoms with E-state index in [1.807, 2.05) is 16.8 Å². The van der Waals surface area contributed by atoms with Crippen LogP contribution in [0.15, 0.2) is 73.1 Å². The van der Waals surface area contributed by atoms with E-state index in [1.54, 1.807) is 58.9 Å². The van der Waals surface area contributed by atoms with Crippen LogP contribution in [-0.4, -0.2) is 17.9 Å². The Morgan fingerprint density at radius 3 is 2.79 bits per heavy atom. The molecule has 0 radical (unpaired) electrons. The van der Waals surface area contributed by atoms with Crippen molar-refractivity contribution in [1.29, 1.82) is 0 Å². The largest absolute Gasteiger partial charge is 0.493 e. The van der Waals surface area contributed by atoms with E-state index in [2.05, 4.69) is 0 Å². The monoisotopic (exact) mass is 395 g/mol. The van der Waals surface area contributed by atoms with Crippen LogP contribution in [0.25, 0.3) is 11.0 Å². The summed E-state index contributed by atoms with van der Waals surface area (Å²) in [5, 5.41) is 4.54. The number of ether oxygens (including phenoxy) is 1. The van der Waals surface area contributed by atoms with Gasteiger partial charge in [-0.05, 0) is 46.7 Å². The van der Waals surface area contributed by atoms with E-state index < -0.39 is 11.5 Å². The molecule has 1 amide bonds. The number of rotatable bonds is 6. The Hall–Kier alpha value is -3.32. The van der Waals surface area contributed by atoms with E-state index in [4.69, 9.17) is 13.6 Å². The summed E-state index contributed by atoms with van der Waals surface area (Å²) in [6.45, 7) is 0.607. The van der Waals surface area contributed by atoms with Gasteiger partial charge in [-0.2, -0.15) is 11.3 Å². The molecule has 6 nitrogen and oxygen atoms in total. The Labute approximate surface area is 164 Å². The highest BCUT2D eigenvalue weighted by molar-refractivity contribution is 7.07. The second-order valence-electron chi connectivity index (χ2n) is 6.20. The SMILES string of the molecule is COc1cccc2cc(C(=O)N(Cc3ccsc3)Cc3ccco3)c(=O)oc12. The predicted octanol–water partition coefficient (Wildman–Crippen LogP) is 4.30. The van der Waals surface area contributed by atoms with Crippen LogP contribution < -0.4 is 10.4 Å². The van der Waals surface area contributed by atoms with Gasteiger partial charge in [-0.1, -0.05) is 12.1 Å². The second-order valence-corrected chi connectivity index (χ2v) is 6.98. The fourth-order valence-electron chi connectivity index (χ4n) is 2.99. The molecule has 0 aliphatic rings. The van der Waals surface area contributed by atoms with Gasteiger partial charge in [0.05, 0.1) is 19.9 Å². The minimum Gasteiger partial charge on any atom is -0.493 e. The van der Waals surface area contributed by atoms with Crippen molar-refractivity contribution in [3.63, 3.8) is 0 Å². The van der Waals surface area contributed by atoms with Crippen molar-refractivity contribution in [2.75, 3.05) is 7.11 Å². The lowest BCUT2D eigenvalue weighted by Crippen LogP contribution is -2.33. The summed E-state index contributed by atoms with van der Waals surface area (Å²) in [6, 6.07) is 12.3. The molecule has 0 bridgehead atoms. The van der Waals surface area contributed by atoms with Crippen molar-refractivity contribution in [3.8, 4) is 5.75 Å². The number of nitrogens with zero attached hydrogens (tertiary/aromatic N) is 1. The average molecular weight is 395 g/mol. The number of fused-ring (bicyclic) bond motifs is 1. The second kappa shape index (κ2) is 7.74. The number of methoxy groups -OCH3 is 1. The number of amides is 1. The molecule has 0 saturated heterocycles. The van der Waals surface area contributed by atoms with Crippen molar-refractivity contribution in [2.24, 2.45) is 0 Å². The topological polar surface area (TPSA) is 72.9 Å². The molecule has 3 heterocycles. The number of furan rings is 1. The Balaban J connectivity index is 1.73. The molecule has 28 heavy (non-hydrogen) atoms. The Kier molecular flexibility index (Phi) is 4.99. The number of benzene rings is 1. The Morgan fingerprint density at radius 2 is 2.07 bits per heavy atom. The molecule has 142 valence electrons. The van der Waals surface area contributed by atoms with E-state index in [-0.39, 0.29) is 12.1 Å². The molecule has 0 aliphatic carbocycles. The van der Waals surface area contributed by atoms with Crippen molar-refractivity contribution in [2.45, 2.75) is 13.1 Å². The highest BCUT2D eigenvalue weighted by atomic mass is 32.1. The molecule has 4 aromatic rings. The summed E-state index contributed by atoms with van der Waals surface area (Å²) < 4.78 is 16.0. The average Bonchev–Trinajstić information content (AvgIpc) is 3.40. The predicted molar refractivity (Wildman–Crippen MR) is 106 cm³/mol. The van der Waals surface area contributed by atoms with Crippen LogP contribution >= 0.6 is 11.3 Å². The molecule has 0 spiro atoms. The first-order valence-corrected chi connectivity index (χ1v) is 9.53. The summed E-state index contributed by atoms with van der Waals surface area (Å²) in [6.07, 6.45) is 1.55. The summed E-state index contributed by atoms with van der Waals surface area (Å²) in [5.41, 5.74) is 0.582. The van der Waals surface area contributed by atoms with Crippen LogP contribution in [0, 0.1) is 0 Å². The zero-order chi connectivity index (χ0) is 19.5. The minimum absolute atomic E-state index is 0.0254. The van der Waals surface area contributed by atoms with Gasteiger partial charge in [0.1, 0.15) is 11.3 Å². The van der Waals surface area contributed by atoms with Gasteiger partial charge in [-0.3, -0.25) is 4.79 Å². The number of carbonyl (C=O) groups is 1. The zero-order valence-electron chi connectivity index (χ0n) is 15.1. The fourth-order valence-corrected chi connectivity index (χ4v) is 3.65. The molecule has 0 N–H and O–H groups in total.